The molecule has 0 bridgehead atoms. The molecule has 0 spiro atoms. The molecule has 0 radical (unpaired) electrons. The van der Waals surface area contributed by atoms with Crippen LogP contribution in [0.25, 0.3) is 33.4 Å². The van der Waals surface area contributed by atoms with Crippen LogP contribution < -0.4 is 4.74 Å². The predicted molar refractivity (Wildman–Crippen MR) is 193 cm³/mol. The number of para-hydroxylation sites is 1. The first-order valence-electron chi connectivity index (χ1n) is 16.4. The minimum atomic E-state index is -0.402. The molecule has 0 saturated carbocycles. The molecule has 0 amide bonds. The summed E-state index contributed by atoms with van der Waals surface area (Å²) in [5.74, 6) is 1.89. The van der Waals surface area contributed by atoms with Crippen LogP contribution in [0.3, 0.4) is 0 Å². The number of benzene rings is 7. The Morgan fingerprint density at radius 2 is 0.830 bits per heavy atom. The fourth-order valence-corrected chi connectivity index (χ4v) is 8.10. The van der Waals surface area contributed by atoms with Gasteiger partial charge in [0.25, 0.3) is 0 Å². The molecule has 0 unspecified atom stereocenters. The average Bonchev–Trinajstić information content (AvgIpc) is 3.43. The molecule has 7 aromatic rings. The van der Waals surface area contributed by atoms with Crippen molar-refractivity contribution in [2.45, 2.75) is 24.7 Å². The van der Waals surface area contributed by atoms with E-state index >= 15 is 0 Å². The van der Waals surface area contributed by atoms with Crippen LogP contribution in [-0.2, 0) is 10.8 Å². The second-order valence-electron chi connectivity index (χ2n) is 13.3. The topological polar surface area (TPSA) is 9.23 Å². The highest BCUT2D eigenvalue weighted by molar-refractivity contribution is 5.88. The summed E-state index contributed by atoms with van der Waals surface area (Å²) in [6, 6.07) is 62.0. The maximum Gasteiger partial charge on any atom is 0.131 e. The van der Waals surface area contributed by atoms with Gasteiger partial charge < -0.3 is 4.74 Å². The van der Waals surface area contributed by atoms with Crippen molar-refractivity contribution in [1.29, 1.82) is 0 Å². The van der Waals surface area contributed by atoms with Crippen molar-refractivity contribution in [2.24, 2.45) is 0 Å². The van der Waals surface area contributed by atoms with Gasteiger partial charge in [0.2, 0.25) is 0 Å². The highest BCUT2D eigenvalue weighted by Crippen LogP contribution is 2.56. The van der Waals surface area contributed by atoms with Crippen molar-refractivity contribution in [2.75, 3.05) is 0 Å². The summed E-state index contributed by atoms with van der Waals surface area (Å²) in [6.07, 6.45) is 0. The first-order valence-corrected chi connectivity index (χ1v) is 16.4. The smallest absolute Gasteiger partial charge is 0.131 e. The lowest BCUT2D eigenvalue weighted by Gasteiger charge is -2.34. The van der Waals surface area contributed by atoms with Crippen LogP contribution in [0.2, 0.25) is 0 Å². The van der Waals surface area contributed by atoms with Crippen LogP contribution in [0.4, 0.5) is 0 Å². The Kier molecular flexibility index (Phi) is 6.14. The van der Waals surface area contributed by atoms with E-state index in [4.69, 9.17) is 4.74 Å². The van der Waals surface area contributed by atoms with E-state index < -0.39 is 5.41 Å². The fourth-order valence-electron chi connectivity index (χ4n) is 8.10. The molecule has 0 N–H and O–H groups in total. The molecule has 9 rings (SSSR count). The van der Waals surface area contributed by atoms with E-state index in [9.17, 15) is 0 Å². The highest BCUT2D eigenvalue weighted by Gasteiger charge is 2.46. The molecule has 2 aliphatic rings. The second kappa shape index (κ2) is 10.4. The zero-order valence-electron chi connectivity index (χ0n) is 26.6. The number of hydrogen-bond acceptors (Lipinski definition) is 1. The number of fused-ring (bicyclic) bond motifs is 5. The molecule has 47 heavy (non-hydrogen) atoms. The van der Waals surface area contributed by atoms with Crippen LogP contribution in [0, 0.1) is 0 Å². The summed E-state index contributed by atoms with van der Waals surface area (Å²) in [4.78, 5) is 0. The van der Waals surface area contributed by atoms with Gasteiger partial charge in [-0.1, -0.05) is 159 Å². The van der Waals surface area contributed by atoms with Gasteiger partial charge in [0, 0.05) is 16.5 Å². The van der Waals surface area contributed by atoms with Crippen LogP contribution in [-0.4, -0.2) is 0 Å². The first kappa shape index (κ1) is 27.6. The van der Waals surface area contributed by atoms with Gasteiger partial charge in [-0.05, 0) is 79.9 Å². The summed E-state index contributed by atoms with van der Waals surface area (Å²) in [6.45, 7) is 4.58. The van der Waals surface area contributed by atoms with Crippen LogP contribution in [0.5, 0.6) is 11.5 Å². The molecule has 1 heterocycles. The summed E-state index contributed by atoms with van der Waals surface area (Å²) in [7, 11) is 0. The van der Waals surface area contributed by atoms with E-state index in [0.29, 0.717) is 0 Å². The monoisotopic (exact) mass is 602 g/mol. The zero-order chi connectivity index (χ0) is 31.6. The minimum Gasteiger partial charge on any atom is -0.457 e. The zero-order valence-corrected chi connectivity index (χ0v) is 26.6. The lowest BCUT2D eigenvalue weighted by molar-refractivity contribution is 0.418. The van der Waals surface area contributed by atoms with Crippen LogP contribution in [0.15, 0.2) is 170 Å². The molecule has 0 atom stereocenters. The van der Waals surface area contributed by atoms with E-state index in [1.165, 1.54) is 66.8 Å². The van der Waals surface area contributed by atoms with E-state index in [-0.39, 0.29) is 5.41 Å². The molecule has 1 nitrogen and oxygen atoms in total. The third kappa shape index (κ3) is 4.09. The quantitative estimate of drug-likeness (QED) is 0.195. The van der Waals surface area contributed by atoms with Gasteiger partial charge in [-0.15, -0.1) is 0 Å². The van der Waals surface area contributed by atoms with Crippen molar-refractivity contribution < 1.29 is 4.74 Å². The Bertz CT molecular complexity index is 2240. The molecular formula is C46H34O. The molecule has 224 valence electrons. The summed E-state index contributed by atoms with van der Waals surface area (Å²) < 4.78 is 6.32. The first-order chi connectivity index (χ1) is 23.0. The van der Waals surface area contributed by atoms with E-state index in [1.54, 1.807) is 0 Å². The van der Waals surface area contributed by atoms with Gasteiger partial charge in [0.15, 0.2) is 0 Å². The lowest BCUT2D eigenvalue weighted by Crippen LogP contribution is -2.28. The maximum absolute atomic E-state index is 6.32. The molecule has 1 heteroatoms. The van der Waals surface area contributed by atoms with Gasteiger partial charge in [-0.3, -0.25) is 0 Å². The summed E-state index contributed by atoms with van der Waals surface area (Å²) in [5.41, 5.74) is 14.5. The molecule has 0 aromatic heterocycles. The largest absolute Gasteiger partial charge is 0.457 e. The third-order valence-corrected chi connectivity index (χ3v) is 10.4. The number of hydrogen-bond donors (Lipinski definition) is 0. The van der Waals surface area contributed by atoms with Crippen molar-refractivity contribution in [3.8, 4) is 44.9 Å². The van der Waals surface area contributed by atoms with Gasteiger partial charge >= 0.3 is 0 Å². The Labute approximate surface area is 276 Å². The van der Waals surface area contributed by atoms with E-state index in [1.807, 2.05) is 6.07 Å². The van der Waals surface area contributed by atoms with E-state index in [2.05, 4.69) is 178 Å². The minimum absolute atomic E-state index is 0.147. The Morgan fingerprint density at radius 1 is 0.362 bits per heavy atom. The Morgan fingerprint density at radius 3 is 1.49 bits per heavy atom. The van der Waals surface area contributed by atoms with Crippen molar-refractivity contribution in [3.05, 3.63) is 203 Å². The van der Waals surface area contributed by atoms with Crippen molar-refractivity contribution in [1.82, 2.24) is 0 Å². The van der Waals surface area contributed by atoms with E-state index in [0.717, 1.165) is 11.5 Å². The molecule has 7 aromatic carbocycles. The SMILES string of the molecule is CC1(C)c2ccccc2Oc2ccc(-c3ccc(-c4ccc5c(c4)C(c4ccccc4)(c4ccccc4)c4ccccc4-5)cc3)cc21. The molecular weight excluding hydrogens is 569 g/mol. The predicted octanol–water partition coefficient (Wildman–Crippen LogP) is 11.8. The Balaban J connectivity index is 1.14. The highest BCUT2D eigenvalue weighted by atomic mass is 16.5. The standard InChI is InChI=1S/C46H34O/c1-45(2)40-19-11-12-20-43(40)47-44-28-26-34(30-42(44)45)32-23-21-31(22-24-32)33-25-27-38-37-17-9-10-18-39(37)46(41(38)29-33,35-13-5-3-6-14-35)36-15-7-4-8-16-36/h3-30H,1-2H3. The lowest BCUT2D eigenvalue weighted by atomic mass is 9.67. The van der Waals surface area contributed by atoms with Gasteiger partial charge in [0.05, 0.1) is 5.41 Å². The third-order valence-electron chi connectivity index (χ3n) is 10.4. The van der Waals surface area contributed by atoms with Gasteiger partial charge in [0.1, 0.15) is 11.5 Å². The molecule has 0 saturated heterocycles. The molecule has 1 aliphatic heterocycles. The van der Waals surface area contributed by atoms with Crippen LogP contribution in [0.1, 0.15) is 47.2 Å². The molecule has 1 aliphatic carbocycles. The Hall–Kier alpha value is -5.66. The number of rotatable bonds is 4. The second-order valence-corrected chi connectivity index (χ2v) is 13.3. The average molecular weight is 603 g/mol. The number of ether oxygens (including phenoxy) is 1. The summed E-state index contributed by atoms with van der Waals surface area (Å²) >= 11 is 0. The maximum atomic E-state index is 6.32. The van der Waals surface area contributed by atoms with Crippen molar-refractivity contribution >= 4 is 0 Å². The molecule has 0 fully saturated rings. The van der Waals surface area contributed by atoms with Gasteiger partial charge in [-0.2, -0.15) is 0 Å². The van der Waals surface area contributed by atoms with Gasteiger partial charge in [-0.25, -0.2) is 0 Å². The normalized spacial score (nSPS) is 14.7. The van der Waals surface area contributed by atoms with Crippen molar-refractivity contribution in [3.63, 3.8) is 0 Å². The van der Waals surface area contributed by atoms with Crippen LogP contribution >= 0.6 is 0 Å². The fraction of sp³-hybridized carbons (Fsp3) is 0.0870. The summed E-state index contributed by atoms with van der Waals surface area (Å²) in [5, 5.41) is 0.